The number of nitrogens with zero attached hydrogens (tertiary/aromatic N) is 2. The summed E-state index contributed by atoms with van der Waals surface area (Å²) < 4.78 is 13.4. The van der Waals surface area contributed by atoms with Gasteiger partial charge in [-0.1, -0.05) is 73.7 Å². The normalized spacial score (nSPS) is 21.0. The molecule has 0 saturated carbocycles. The number of aromatic nitrogens is 1. The Morgan fingerprint density at radius 1 is 0.850 bits per heavy atom. The van der Waals surface area contributed by atoms with Gasteiger partial charge in [0.1, 0.15) is 0 Å². The molecule has 1 fully saturated rings. The molecule has 0 radical (unpaired) electrons. The van der Waals surface area contributed by atoms with Gasteiger partial charge < -0.3 is 25.2 Å². The van der Waals surface area contributed by atoms with Crippen molar-refractivity contribution < 1.29 is 14.6 Å². The van der Waals surface area contributed by atoms with E-state index in [1.807, 2.05) is 42.6 Å². The monoisotopic (exact) mass is 537 g/mol. The highest BCUT2D eigenvalue weighted by Crippen LogP contribution is 2.42. The zero-order chi connectivity index (χ0) is 27.9. The van der Waals surface area contributed by atoms with E-state index in [-0.39, 0.29) is 24.7 Å². The fraction of sp³-hybridized carbons (Fsp3) is 0.324. The van der Waals surface area contributed by atoms with Gasteiger partial charge in [0.15, 0.2) is 6.29 Å². The average Bonchev–Trinajstić information content (AvgIpc) is 3.01. The summed E-state index contributed by atoms with van der Waals surface area (Å²) in [6.45, 7) is 4.39. The SMILES string of the molecule is C[C@H]1[C@@H](CN(C)CCc2ccccn2)O[C@@H](c2cccc(-c3cccc(CN)c3)c2)O[C@H]1c1ccc(CO)cc1. The number of ether oxygens (including phenoxy) is 2. The molecule has 1 aromatic heterocycles. The summed E-state index contributed by atoms with van der Waals surface area (Å²) in [5, 5.41) is 9.54. The lowest BCUT2D eigenvalue weighted by atomic mass is 9.90. The summed E-state index contributed by atoms with van der Waals surface area (Å²) in [5.41, 5.74) is 13.3. The Balaban J connectivity index is 1.39. The van der Waals surface area contributed by atoms with Crippen LogP contribution in [-0.4, -0.2) is 41.2 Å². The van der Waals surface area contributed by atoms with Gasteiger partial charge in [0.05, 0.1) is 18.8 Å². The Labute approximate surface area is 237 Å². The molecule has 0 amide bonds. The van der Waals surface area contributed by atoms with Crippen molar-refractivity contribution in [2.45, 2.75) is 45.0 Å². The lowest BCUT2D eigenvalue weighted by molar-refractivity contribution is -0.275. The Bertz CT molecular complexity index is 1360. The maximum Gasteiger partial charge on any atom is 0.184 e. The van der Waals surface area contributed by atoms with Crippen LogP contribution in [0, 0.1) is 5.92 Å². The predicted molar refractivity (Wildman–Crippen MR) is 158 cm³/mol. The van der Waals surface area contributed by atoms with Crippen molar-refractivity contribution in [3.8, 4) is 11.1 Å². The van der Waals surface area contributed by atoms with Gasteiger partial charge in [-0.05, 0) is 59.1 Å². The molecule has 1 saturated heterocycles. The van der Waals surface area contributed by atoms with E-state index >= 15 is 0 Å². The standard InChI is InChI=1S/C34H39N3O3/c1-24-32(22-37(2)18-16-31-11-3-4-17-36-31)39-34(40-33(24)27-14-12-25(23-38)13-15-27)30-10-6-9-29(20-30)28-8-5-7-26(19-28)21-35/h3-15,17,19-20,24,32-34,38H,16,18,21-23,35H2,1-2H3/t24-,32+,33+,34+/m0/s1. The molecule has 4 aromatic rings. The third-order valence-electron chi connectivity index (χ3n) is 7.75. The lowest BCUT2D eigenvalue weighted by Gasteiger charge is -2.42. The number of benzene rings is 3. The van der Waals surface area contributed by atoms with E-state index < -0.39 is 6.29 Å². The van der Waals surface area contributed by atoms with Crippen molar-refractivity contribution >= 4 is 0 Å². The second-order valence-electron chi connectivity index (χ2n) is 10.7. The minimum absolute atomic E-state index is 0.0228. The second-order valence-corrected chi connectivity index (χ2v) is 10.7. The second kappa shape index (κ2) is 13.3. The maximum atomic E-state index is 9.54. The van der Waals surface area contributed by atoms with Crippen LogP contribution in [0.3, 0.4) is 0 Å². The summed E-state index contributed by atoms with van der Waals surface area (Å²) in [6, 6.07) is 30.8. The Hall–Kier alpha value is -3.39. The topological polar surface area (TPSA) is 80.8 Å². The van der Waals surface area contributed by atoms with Crippen molar-refractivity contribution in [2.75, 3.05) is 20.1 Å². The van der Waals surface area contributed by atoms with Gasteiger partial charge >= 0.3 is 0 Å². The Morgan fingerprint density at radius 2 is 1.62 bits per heavy atom. The van der Waals surface area contributed by atoms with E-state index in [9.17, 15) is 5.11 Å². The van der Waals surface area contributed by atoms with Gasteiger partial charge in [-0.3, -0.25) is 4.98 Å². The fourth-order valence-electron chi connectivity index (χ4n) is 5.32. The number of likely N-dealkylation sites (N-methyl/N-ethyl adjacent to an activating group) is 1. The summed E-state index contributed by atoms with van der Waals surface area (Å²) >= 11 is 0. The zero-order valence-corrected chi connectivity index (χ0v) is 23.3. The molecular weight excluding hydrogens is 498 g/mol. The molecule has 3 aromatic carbocycles. The van der Waals surface area contributed by atoms with E-state index in [1.54, 1.807) is 0 Å². The van der Waals surface area contributed by atoms with Gasteiger partial charge in [-0.25, -0.2) is 0 Å². The number of rotatable bonds is 10. The third kappa shape index (κ3) is 6.84. The number of pyridine rings is 1. The number of aliphatic hydroxyl groups is 1. The number of nitrogens with two attached hydrogens (primary N) is 1. The molecule has 40 heavy (non-hydrogen) atoms. The van der Waals surface area contributed by atoms with Gasteiger partial charge in [-0.15, -0.1) is 0 Å². The molecule has 0 spiro atoms. The Morgan fingerprint density at radius 3 is 2.35 bits per heavy atom. The van der Waals surface area contributed by atoms with Gasteiger partial charge in [0.2, 0.25) is 0 Å². The number of aliphatic hydroxyl groups excluding tert-OH is 1. The molecule has 6 heteroatoms. The van der Waals surface area contributed by atoms with Gasteiger partial charge in [-0.2, -0.15) is 0 Å². The minimum atomic E-state index is -0.509. The van der Waals surface area contributed by atoms with Crippen LogP contribution in [0.15, 0.2) is 97.2 Å². The molecule has 6 nitrogen and oxygen atoms in total. The molecule has 1 aliphatic heterocycles. The van der Waals surface area contributed by atoms with E-state index in [4.69, 9.17) is 15.2 Å². The molecular formula is C34H39N3O3. The molecule has 0 bridgehead atoms. The van der Waals surface area contributed by atoms with Crippen LogP contribution in [0.5, 0.6) is 0 Å². The highest BCUT2D eigenvalue weighted by Gasteiger charge is 2.38. The first-order chi connectivity index (χ1) is 19.5. The van der Waals surface area contributed by atoms with Crippen molar-refractivity contribution in [2.24, 2.45) is 11.7 Å². The first kappa shape index (κ1) is 28.1. The minimum Gasteiger partial charge on any atom is -0.392 e. The molecule has 2 heterocycles. The molecule has 4 atom stereocenters. The molecule has 208 valence electrons. The summed E-state index contributed by atoms with van der Waals surface area (Å²) in [5.74, 6) is 0.123. The van der Waals surface area contributed by atoms with Crippen LogP contribution >= 0.6 is 0 Å². The van der Waals surface area contributed by atoms with Gasteiger partial charge in [0, 0.05) is 49.4 Å². The number of hydrogen-bond acceptors (Lipinski definition) is 6. The Kier molecular flexibility index (Phi) is 9.37. The molecule has 3 N–H and O–H groups in total. The third-order valence-corrected chi connectivity index (χ3v) is 7.75. The zero-order valence-electron chi connectivity index (χ0n) is 23.3. The predicted octanol–water partition coefficient (Wildman–Crippen LogP) is 5.67. The summed E-state index contributed by atoms with van der Waals surface area (Å²) in [7, 11) is 2.14. The molecule has 0 unspecified atom stereocenters. The highest BCUT2D eigenvalue weighted by molar-refractivity contribution is 5.65. The first-order valence-corrected chi connectivity index (χ1v) is 14.0. The van der Waals surface area contributed by atoms with Gasteiger partial charge in [0.25, 0.3) is 0 Å². The highest BCUT2D eigenvalue weighted by atomic mass is 16.7. The maximum absolute atomic E-state index is 9.54. The summed E-state index contributed by atoms with van der Waals surface area (Å²) in [6.07, 6.45) is 2.03. The number of hydrogen-bond donors (Lipinski definition) is 2. The van der Waals surface area contributed by atoms with Crippen molar-refractivity contribution in [3.63, 3.8) is 0 Å². The van der Waals surface area contributed by atoms with E-state index in [1.165, 1.54) is 0 Å². The van der Waals surface area contributed by atoms with Crippen LogP contribution < -0.4 is 5.73 Å². The van der Waals surface area contributed by atoms with Crippen LogP contribution in [0.25, 0.3) is 11.1 Å². The van der Waals surface area contributed by atoms with Crippen LogP contribution in [0.1, 0.15) is 47.3 Å². The van der Waals surface area contributed by atoms with Crippen molar-refractivity contribution in [1.82, 2.24) is 9.88 Å². The molecule has 5 rings (SSSR count). The first-order valence-electron chi connectivity index (χ1n) is 14.0. The molecule has 1 aliphatic rings. The summed E-state index contributed by atoms with van der Waals surface area (Å²) in [4.78, 5) is 6.79. The van der Waals surface area contributed by atoms with E-state index in [0.717, 1.165) is 58.6 Å². The van der Waals surface area contributed by atoms with E-state index in [0.29, 0.717) is 6.54 Å². The van der Waals surface area contributed by atoms with E-state index in [2.05, 4.69) is 78.5 Å². The van der Waals surface area contributed by atoms with Crippen LogP contribution in [0.4, 0.5) is 0 Å². The average molecular weight is 538 g/mol. The lowest BCUT2D eigenvalue weighted by Crippen LogP contribution is -2.43. The smallest absolute Gasteiger partial charge is 0.184 e. The van der Waals surface area contributed by atoms with Crippen molar-refractivity contribution in [1.29, 1.82) is 0 Å². The van der Waals surface area contributed by atoms with Crippen LogP contribution in [0.2, 0.25) is 0 Å². The van der Waals surface area contributed by atoms with Crippen LogP contribution in [-0.2, 0) is 29.0 Å². The molecule has 0 aliphatic carbocycles. The quantitative estimate of drug-likeness (QED) is 0.272. The van der Waals surface area contributed by atoms with Crippen molar-refractivity contribution in [3.05, 3.63) is 125 Å². The largest absolute Gasteiger partial charge is 0.392 e. The fourth-order valence-corrected chi connectivity index (χ4v) is 5.32.